The van der Waals surface area contributed by atoms with Crippen LogP contribution in [0.2, 0.25) is 0 Å². The second kappa shape index (κ2) is 7.21. The summed E-state index contributed by atoms with van der Waals surface area (Å²) >= 11 is 0. The SMILES string of the molecule is O=[N+]([O-])c1ccc(N2CCOCC2)cc1NCC(O)CO. The molecule has 0 bridgehead atoms. The number of nitrogens with zero attached hydrogens (tertiary/aromatic N) is 2. The Kier molecular flexibility index (Phi) is 5.32. The number of hydrogen-bond donors (Lipinski definition) is 3. The van der Waals surface area contributed by atoms with E-state index >= 15 is 0 Å². The normalized spacial score (nSPS) is 16.6. The van der Waals surface area contributed by atoms with Crippen molar-refractivity contribution >= 4 is 17.1 Å². The largest absolute Gasteiger partial charge is 0.394 e. The van der Waals surface area contributed by atoms with Crippen molar-refractivity contribution in [2.24, 2.45) is 0 Å². The molecule has 0 saturated carbocycles. The first kappa shape index (κ1) is 15.5. The zero-order chi connectivity index (χ0) is 15.2. The minimum absolute atomic E-state index is 0.0455. The number of morpholine rings is 1. The molecule has 1 aromatic rings. The van der Waals surface area contributed by atoms with Crippen LogP contribution in [0.3, 0.4) is 0 Å². The Bertz CT molecular complexity index is 491. The van der Waals surface area contributed by atoms with Crippen LogP contribution in [0.5, 0.6) is 0 Å². The first-order valence-electron chi connectivity index (χ1n) is 6.75. The molecule has 2 rings (SSSR count). The fourth-order valence-corrected chi connectivity index (χ4v) is 2.14. The van der Waals surface area contributed by atoms with Gasteiger partial charge in [-0.3, -0.25) is 10.1 Å². The van der Waals surface area contributed by atoms with Gasteiger partial charge in [-0.15, -0.1) is 0 Å². The van der Waals surface area contributed by atoms with Crippen molar-refractivity contribution in [2.45, 2.75) is 6.10 Å². The van der Waals surface area contributed by atoms with Crippen molar-refractivity contribution in [1.29, 1.82) is 0 Å². The second-order valence-corrected chi connectivity index (χ2v) is 4.78. The number of anilines is 2. The average molecular weight is 297 g/mol. The van der Waals surface area contributed by atoms with Gasteiger partial charge in [0.1, 0.15) is 5.69 Å². The van der Waals surface area contributed by atoms with Crippen LogP contribution >= 0.6 is 0 Å². The van der Waals surface area contributed by atoms with Gasteiger partial charge >= 0.3 is 0 Å². The summed E-state index contributed by atoms with van der Waals surface area (Å²) in [5, 5.41) is 32.0. The zero-order valence-corrected chi connectivity index (χ0v) is 11.6. The molecule has 8 nitrogen and oxygen atoms in total. The summed E-state index contributed by atoms with van der Waals surface area (Å²) in [5.74, 6) is 0. The Balaban J connectivity index is 2.18. The number of benzene rings is 1. The standard InChI is InChI=1S/C13H19N3O5/c17-9-11(18)8-14-12-7-10(1-2-13(12)16(19)20)15-3-5-21-6-4-15/h1-2,7,11,14,17-18H,3-6,8-9H2. The van der Waals surface area contributed by atoms with Gasteiger partial charge in [-0.1, -0.05) is 0 Å². The molecule has 116 valence electrons. The van der Waals surface area contributed by atoms with E-state index in [4.69, 9.17) is 9.84 Å². The number of hydrogen-bond acceptors (Lipinski definition) is 7. The molecule has 1 atom stereocenters. The van der Waals surface area contributed by atoms with Gasteiger partial charge in [-0.05, 0) is 12.1 Å². The van der Waals surface area contributed by atoms with E-state index < -0.39 is 17.6 Å². The number of aliphatic hydroxyl groups is 2. The Morgan fingerprint density at radius 2 is 2.14 bits per heavy atom. The van der Waals surface area contributed by atoms with Crippen molar-refractivity contribution in [2.75, 3.05) is 49.7 Å². The van der Waals surface area contributed by atoms with Crippen molar-refractivity contribution in [1.82, 2.24) is 0 Å². The average Bonchev–Trinajstić information content (AvgIpc) is 2.53. The van der Waals surface area contributed by atoms with Gasteiger partial charge in [0.25, 0.3) is 5.69 Å². The number of nitrogens with one attached hydrogen (secondary N) is 1. The molecule has 1 heterocycles. The summed E-state index contributed by atoms with van der Waals surface area (Å²) in [6.07, 6.45) is -0.961. The predicted molar refractivity (Wildman–Crippen MR) is 77.7 cm³/mol. The van der Waals surface area contributed by atoms with Crippen LogP contribution in [0.15, 0.2) is 18.2 Å². The third-order valence-electron chi connectivity index (χ3n) is 3.29. The van der Waals surface area contributed by atoms with E-state index in [0.717, 1.165) is 18.8 Å². The van der Waals surface area contributed by atoms with Gasteiger partial charge < -0.3 is 25.2 Å². The lowest BCUT2D eigenvalue weighted by atomic mass is 10.2. The van der Waals surface area contributed by atoms with Gasteiger partial charge in [-0.2, -0.15) is 0 Å². The molecule has 0 aliphatic carbocycles. The molecule has 1 aliphatic heterocycles. The fraction of sp³-hybridized carbons (Fsp3) is 0.538. The van der Waals surface area contributed by atoms with Crippen molar-refractivity contribution in [3.05, 3.63) is 28.3 Å². The molecule has 0 spiro atoms. The summed E-state index contributed by atoms with van der Waals surface area (Å²) in [5.41, 5.74) is 1.14. The Hall–Kier alpha value is -1.90. The number of nitro groups is 1. The molecular weight excluding hydrogens is 278 g/mol. The van der Waals surface area contributed by atoms with Crippen molar-refractivity contribution < 1.29 is 19.9 Å². The molecule has 1 fully saturated rings. The Morgan fingerprint density at radius 1 is 1.43 bits per heavy atom. The fourth-order valence-electron chi connectivity index (χ4n) is 2.14. The highest BCUT2D eigenvalue weighted by molar-refractivity contribution is 5.69. The monoisotopic (exact) mass is 297 g/mol. The van der Waals surface area contributed by atoms with Gasteiger partial charge in [-0.25, -0.2) is 0 Å². The molecular formula is C13H19N3O5. The molecule has 1 aromatic carbocycles. The van der Waals surface area contributed by atoms with Crippen LogP contribution in [0.25, 0.3) is 0 Å². The van der Waals surface area contributed by atoms with Gasteiger partial charge in [0.2, 0.25) is 0 Å². The van der Waals surface area contributed by atoms with Crippen LogP contribution in [-0.4, -0.2) is 60.7 Å². The number of nitro benzene ring substituents is 1. The topological polar surface area (TPSA) is 108 Å². The quantitative estimate of drug-likeness (QED) is 0.508. The molecule has 1 saturated heterocycles. The highest BCUT2D eigenvalue weighted by atomic mass is 16.6. The van der Waals surface area contributed by atoms with E-state index in [1.54, 1.807) is 12.1 Å². The Morgan fingerprint density at radius 3 is 2.76 bits per heavy atom. The van der Waals surface area contributed by atoms with E-state index in [1.807, 2.05) is 0 Å². The third-order valence-corrected chi connectivity index (χ3v) is 3.29. The summed E-state index contributed by atoms with van der Waals surface area (Å²) in [4.78, 5) is 12.7. The number of rotatable bonds is 6. The lowest BCUT2D eigenvalue weighted by Crippen LogP contribution is -2.36. The van der Waals surface area contributed by atoms with Gasteiger partial charge in [0, 0.05) is 31.4 Å². The van der Waals surface area contributed by atoms with E-state index in [0.29, 0.717) is 18.9 Å². The molecule has 0 aromatic heterocycles. The molecule has 21 heavy (non-hydrogen) atoms. The zero-order valence-electron chi connectivity index (χ0n) is 11.6. The van der Waals surface area contributed by atoms with Crippen LogP contribution in [0.1, 0.15) is 0 Å². The second-order valence-electron chi connectivity index (χ2n) is 4.78. The van der Waals surface area contributed by atoms with E-state index in [2.05, 4.69) is 10.2 Å². The Labute approximate surface area is 122 Å². The lowest BCUT2D eigenvalue weighted by molar-refractivity contribution is -0.383. The predicted octanol–water partition coefficient (Wildman–Crippen LogP) is 0.197. The van der Waals surface area contributed by atoms with Crippen LogP contribution in [-0.2, 0) is 4.74 Å². The summed E-state index contributed by atoms with van der Waals surface area (Å²) < 4.78 is 5.28. The van der Waals surface area contributed by atoms with E-state index in [1.165, 1.54) is 6.07 Å². The third kappa shape index (κ3) is 4.03. The summed E-state index contributed by atoms with van der Waals surface area (Å²) in [6.45, 7) is 2.37. The van der Waals surface area contributed by atoms with Crippen LogP contribution in [0, 0.1) is 10.1 Å². The highest BCUT2D eigenvalue weighted by Crippen LogP contribution is 2.30. The van der Waals surface area contributed by atoms with Crippen LogP contribution < -0.4 is 10.2 Å². The van der Waals surface area contributed by atoms with Gasteiger partial charge in [0.15, 0.2) is 0 Å². The van der Waals surface area contributed by atoms with E-state index in [-0.39, 0.29) is 12.2 Å². The van der Waals surface area contributed by atoms with Crippen molar-refractivity contribution in [3.8, 4) is 0 Å². The van der Waals surface area contributed by atoms with E-state index in [9.17, 15) is 15.2 Å². The number of ether oxygens (including phenoxy) is 1. The highest BCUT2D eigenvalue weighted by Gasteiger charge is 2.18. The summed E-state index contributed by atoms with van der Waals surface area (Å²) in [6, 6.07) is 4.84. The van der Waals surface area contributed by atoms with Crippen molar-refractivity contribution in [3.63, 3.8) is 0 Å². The maximum Gasteiger partial charge on any atom is 0.292 e. The number of aliphatic hydroxyl groups excluding tert-OH is 2. The maximum absolute atomic E-state index is 11.0. The molecule has 8 heteroatoms. The van der Waals surface area contributed by atoms with Gasteiger partial charge in [0.05, 0.1) is 30.8 Å². The first-order chi connectivity index (χ1) is 10.1. The first-order valence-corrected chi connectivity index (χ1v) is 6.75. The maximum atomic E-state index is 11.0. The molecule has 1 unspecified atom stereocenters. The molecule has 1 aliphatic rings. The molecule has 0 amide bonds. The molecule has 0 radical (unpaired) electrons. The minimum atomic E-state index is -0.961. The van der Waals surface area contributed by atoms with Crippen LogP contribution in [0.4, 0.5) is 17.1 Å². The lowest BCUT2D eigenvalue weighted by Gasteiger charge is -2.29. The smallest absolute Gasteiger partial charge is 0.292 e. The molecule has 3 N–H and O–H groups in total. The summed E-state index contributed by atoms with van der Waals surface area (Å²) in [7, 11) is 0. The minimum Gasteiger partial charge on any atom is -0.394 e.